The molecule has 3 unspecified atom stereocenters. The van der Waals surface area contributed by atoms with Crippen molar-refractivity contribution in [3.05, 3.63) is 93.2 Å². The van der Waals surface area contributed by atoms with Crippen LogP contribution < -0.4 is 10.6 Å². The molecule has 4 heteroatoms. The standard InChI is InChI=1S/C25H30N2OS/c1-18-14-19(2)29-24(18)21-15-23(26-16-20-10-6-4-7-11-20)25(28-3,27-17-21)22-12-8-5-9-13-22/h4-14,21,23,26-27H,15-17H2,1-3H3. The predicted molar refractivity (Wildman–Crippen MR) is 121 cm³/mol. The van der Waals surface area contributed by atoms with Crippen molar-refractivity contribution in [2.75, 3.05) is 13.7 Å². The van der Waals surface area contributed by atoms with Gasteiger partial charge in [0.1, 0.15) is 0 Å². The van der Waals surface area contributed by atoms with Crippen molar-refractivity contribution in [2.45, 2.75) is 44.5 Å². The number of nitrogens with one attached hydrogen (secondary N) is 2. The lowest BCUT2D eigenvalue weighted by Gasteiger charge is -2.47. The summed E-state index contributed by atoms with van der Waals surface area (Å²) >= 11 is 1.93. The van der Waals surface area contributed by atoms with E-state index < -0.39 is 5.72 Å². The molecule has 1 saturated heterocycles. The SMILES string of the molecule is COC1(c2ccccc2)NCC(c2sc(C)cc2C)CC1NCc1ccccc1. The first-order valence-electron chi connectivity index (χ1n) is 10.3. The Morgan fingerprint density at radius 3 is 2.38 bits per heavy atom. The minimum Gasteiger partial charge on any atom is -0.358 e. The third-order valence-electron chi connectivity index (χ3n) is 5.99. The summed E-state index contributed by atoms with van der Waals surface area (Å²) in [5, 5.41) is 7.61. The molecule has 2 aromatic carbocycles. The van der Waals surface area contributed by atoms with E-state index in [0.29, 0.717) is 5.92 Å². The van der Waals surface area contributed by atoms with Crippen LogP contribution in [0.1, 0.15) is 38.8 Å². The molecule has 1 aliphatic heterocycles. The van der Waals surface area contributed by atoms with E-state index in [1.165, 1.54) is 26.4 Å². The fourth-order valence-electron chi connectivity index (χ4n) is 4.58. The number of rotatable bonds is 6. The Bertz CT molecular complexity index is 925. The first-order chi connectivity index (χ1) is 14.1. The summed E-state index contributed by atoms with van der Waals surface area (Å²) in [5.41, 5.74) is 3.33. The second kappa shape index (κ2) is 8.80. The molecule has 0 bridgehead atoms. The van der Waals surface area contributed by atoms with Crippen LogP contribution in [0.5, 0.6) is 0 Å². The zero-order valence-electron chi connectivity index (χ0n) is 17.4. The van der Waals surface area contributed by atoms with Crippen molar-refractivity contribution >= 4 is 11.3 Å². The number of benzene rings is 2. The van der Waals surface area contributed by atoms with Gasteiger partial charge in [-0.1, -0.05) is 60.7 Å². The van der Waals surface area contributed by atoms with Crippen LogP contribution in [0, 0.1) is 13.8 Å². The van der Waals surface area contributed by atoms with Crippen molar-refractivity contribution in [3.8, 4) is 0 Å². The van der Waals surface area contributed by atoms with Crippen molar-refractivity contribution in [1.82, 2.24) is 10.6 Å². The summed E-state index contributed by atoms with van der Waals surface area (Å²) in [6, 6.07) is 23.6. The van der Waals surface area contributed by atoms with Crippen molar-refractivity contribution in [1.29, 1.82) is 0 Å². The molecule has 152 valence electrons. The number of aryl methyl sites for hydroxylation is 2. The van der Waals surface area contributed by atoms with Crippen LogP contribution in [-0.4, -0.2) is 19.7 Å². The average Bonchev–Trinajstić information content (AvgIpc) is 3.11. The zero-order chi connectivity index (χ0) is 20.3. The topological polar surface area (TPSA) is 33.3 Å². The Morgan fingerprint density at radius 2 is 1.76 bits per heavy atom. The zero-order valence-corrected chi connectivity index (χ0v) is 18.3. The van der Waals surface area contributed by atoms with Crippen LogP contribution in [0.15, 0.2) is 66.7 Å². The molecule has 2 heterocycles. The molecule has 0 saturated carbocycles. The first-order valence-corrected chi connectivity index (χ1v) is 11.1. The lowest BCUT2D eigenvalue weighted by Crippen LogP contribution is -2.63. The van der Waals surface area contributed by atoms with Crippen LogP contribution in [0.2, 0.25) is 0 Å². The second-order valence-corrected chi connectivity index (χ2v) is 9.23. The molecule has 0 spiro atoms. The van der Waals surface area contributed by atoms with Gasteiger partial charge in [-0.25, -0.2) is 0 Å². The number of hydrogen-bond acceptors (Lipinski definition) is 4. The highest BCUT2D eigenvalue weighted by molar-refractivity contribution is 7.12. The number of thiophene rings is 1. The molecule has 3 atom stereocenters. The Labute approximate surface area is 178 Å². The summed E-state index contributed by atoms with van der Waals surface area (Å²) in [7, 11) is 1.82. The largest absolute Gasteiger partial charge is 0.358 e. The Morgan fingerprint density at radius 1 is 1.07 bits per heavy atom. The van der Waals surface area contributed by atoms with Gasteiger partial charge in [0.2, 0.25) is 0 Å². The van der Waals surface area contributed by atoms with Gasteiger partial charge >= 0.3 is 0 Å². The van der Waals surface area contributed by atoms with Crippen LogP contribution >= 0.6 is 11.3 Å². The Hall–Kier alpha value is -1.98. The van der Waals surface area contributed by atoms with Gasteiger partial charge in [0.15, 0.2) is 5.72 Å². The van der Waals surface area contributed by atoms with Gasteiger partial charge in [0, 0.05) is 41.4 Å². The monoisotopic (exact) mass is 406 g/mol. The fraction of sp³-hybridized carbons (Fsp3) is 0.360. The highest BCUT2D eigenvalue weighted by atomic mass is 32.1. The maximum atomic E-state index is 6.22. The second-order valence-electron chi connectivity index (χ2n) is 7.94. The number of ether oxygens (including phenoxy) is 1. The van der Waals surface area contributed by atoms with Crippen molar-refractivity contribution in [2.24, 2.45) is 0 Å². The van der Waals surface area contributed by atoms with Crippen LogP contribution in [0.4, 0.5) is 0 Å². The minimum atomic E-state index is -0.535. The van der Waals surface area contributed by atoms with Crippen molar-refractivity contribution < 1.29 is 4.74 Å². The van der Waals surface area contributed by atoms with Gasteiger partial charge in [0.05, 0.1) is 6.04 Å². The predicted octanol–water partition coefficient (Wildman–Crippen LogP) is 5.10. The van der Waals surface area contributed by atoms with Gasteiger partial charge in [0.25, 0.3) is 0 Å². The van der Waals surface area contributed by atoms with Crippen molar-refractivity contribution in [3.63, 3.8) is 0 Å². The molecular formula is C25H30N2OS. The summed E-state index contributed by atoms with van der Waals surface area (Å²) < 4.78 is 6.22. The van der Waals surface area contributed by atoms with E-state index in [2.05, 4.69) is 91.2 Å². The Balaban J connectivity index is 1.64. The molecule has 4 rings (SSSR count). The summed E-state index contributed by atoms with van der Waals surface area (Å²) in [4.78, 5) is 2.89. The summed E-state index contributed by atoms with van der Waals surface area (Å²) in [6.07, 6.45) is 1.03. The molecule has 0 radical (unpaired) electrons. The number of hydrogen-bond donors (Lipinski definition) is 2. The summed E-state index contributed by atoms with van der Waals surface area (Å²) in [6.45, 7) is 6.17. The Kier molecular flexibility index (Phi) is 6.16. The van der Waals surface area contributed by atoms with Crippen LogP contribution in [-0.2, 0) is 17.0 Å². The van der Waals surface area contributed by atoms with E-state index in [-0.39, 0.29) is 6.04 Å². The molecule has 3 aromatic rings. The van der Waals surface area contributed by atoms with E-state index in [1.807, 2.05) is 18.4 Å². The maximum Gasteiger partial charge on any atom is 0.160 e. The highest BCUT2D eigenvalue weighted by Gasteiger charge is 2.45. The van der Waals surface area contributed by atoms with Crippen LogP contribution in [0.25, 0.3) is 0 Å². The lowest BCUT2D eigenvalue weighted by molar-refractivity contribution is -0.0934. The van der Waals surface area contributed by atoms with E-state index >= 15 is 0 Å². The van der Waals surface area contributed by atoms with Gasteiger partial charge in [-0.2, -0.15) is 0 Å². The molecule has 0 amide bonds. The molecule has 2 N–H and O–H groups in total. The molecule has 3 nitrogen and oxygen atoms in total. The minimum absolute atomic E-state index is 0.149. The van der Waals surface area contributed by atoms with Gasteiger partial charge in [-0.15, -0.1) is 11.3 Å². The quantitative estimate of drug-likeness (QED) is 0.597. The van der Waals surface area contributed by atoms with E-state index in [0.717, 1.165) is 19.5 Å². The van der Waals surface area contributed by atoms with E-state index in [4.69, 9.17) is 4.74 Å². The van der Waals surface area contributed by atoms with Gasteiger partial charge in [-0.05, 0) is 37.5 Å². The average molecular weight is 407 g/mol. The van der Waals surface area contributed by atoms with Crippen LogP contribution in [0.3, 0.4) is 0 Å². The lowest BCUT2D eigenvalue weighted by atomic mass is 9.82. The summed E-state index contributed by atoms with van der Waals surface area (Å²) in [5.74, 6) is 0.481. The number of methoxy groups -OCH3 is 1. The maximum absolute atomic E-state index is 6.22. The fourth-order valence-corrected chi connectivity index (χ4v) is 5.73. The third kappa shape index (κ3) is 4.17. The normalized spacial score (nSPS) is 24.5. The van der Waals surface area contributed by atoms with Gasteiger partial charge in [-0.3, -0.25) is 5.32 Å². The van der Waals surface area contributed by atoms with E-state index in [9.17, 15) is 0 Å². The van der Waals surface area contributed by atoms with Gasteiger partial charge < -0.3 is 10.1 Å². The first kappa shape index (κ1) is 20.3. The molecule has 1 aromatic heterocycles. The van der Waals surface area contributed by atoms with E-state index in [1.54, 1.807) is 0 Å². The molecule has 1 fully saturated rings. The molecule has 29 heavy (non-hydrogen) atoms. The smallest absolute Gasteiger partial charge is 0.160 e. The third-order valence-corrected chi connectivity index (χ3v) is 7.31. The molecule has 0 aliphatic carbocycles. The highest BCUT2D eigenvalue weighted by Crippen LogP contribution is 2.40. The molecule has 1 aliphatic rings. The number of piperidine rings is 1. The molecular weight excluding hydrogens is 376 g/mol.